The number of benzene rings is 1. The average molecular weight is 225 g/mol. The van der Waals surface area contributed by atoms with E-state index in [0.29, 0.717) is 23.1 Å². The van der Waals surface area contributed by atoms with Crippen LogP contribution in [0.3, 0.4) is 0 Å². The predicted molar refractivity (Wildman–Crippen MR) is 64.4 cm³/mol. The molecule has 1 unspecified atom stereocenters. The van der Waals surface area contributed by atoms with Crippen LogP contribution in [0.4, 0.5) is 0 Å². The van der Waals surface area contributed by atoms with Crippen LogP contribution in [0.15, 0.2) is 24.3 Å². The maximum atomic E-state index is 5.56. The first-order valence-electron chi connectivity index (χ1n) is 4.70. The molecule has 0 aliphatic heterocycles. The molecule has 0 fully saturated rings. The predicted octanol–water partition coefficient (Wildman–Crippen LogP) is 2.00. The molecule has 1 atom stereocenters. The molecule has 0 aliphatic rings. The molecule has 0 saturated carbocycles. The Kier molecular flexibility index (Phi) is 4.37. The molecule has 82 valence electrons. The molecule has 2 N–H and O–H groups in total. The van der Waals surface area contributed by atoms with Crippen LogP contribution in [0.2, 0.25) is 0 Å². The molecule has 15 heavy (non-hydrogen) atoms. The van der Waals surface area contributed by atoms with Crippen molar-refractivity contribution in [3.63, 3.8) is 0 Å². The van der Waals surface area contributed by atoms with Gasteiger partial charge in [-0.2, -0.15) is 0 Å². The Morgan fingerprint density at radius 3 is 2.53 bits per heavy atom. The van der Waals surface area contributed by atoms with Gasteiger partial charge in [0.25, 0.3) is 0 Å². The Bertz CT molecular complexity index is 341. The summed E-state index contributed by atoms with van der Waals surface area (Å²) in [5.41, 5.74) is 5.49. The molecule has 1 aromatic rings. The Morgan fingerprint density at radius 2 is 2.00 bits per heavy atom. The van der Waals surface area contributed by atoms with Crippen molar-refractivity contribution in [2.24, 2.45) is 11.7 Å². The topological polar surface area (TPSA) is 44.5 Å². The molecule has 0 spiro atoms. The summed E-state index contributed by atoms with van der Waals surface area (Å²) in [6.45, 7) is 2.40. The van der Waals surface area contributed by atoms with Gasteiger partial charge >= 0.3 is 0 Å². The molecule has 3 nitrogen and oxygen atoms in total. The molecule has 1 rings (SSSR count). The minimum Gasteiger partial charge on any atom is -0.493 e. The van der Waals surface area contributed by atoms with Gasteiger partial charge in [-0.1, -0.05) is 31.3 Å². The number of rotatable bonds is 5. The van der Waals surface area contributed by atoms with Gasteiger partial charge in [0.1, 0.15) is 0 Å². The third-order valence-corrected chi connectivity index (χ3v) is 2.45. The van der Waals surface area contributed by atoms with Crippen LogP contribution in [0.25, 0.3) is 0 Å². The van der Waals surface area contributed by atoms with Gasteiger partial charge in [-0.3, -0.25) is 0 Å². The first kappa shape index (κ1) is 11.8. The van der Waals surface area contributed by atoms with Gasteiger partial charge < -0.3 is 15.2 Å². The molecule has 1 aromatic carbocycles. The van der Waals surface area contributed by atoms with E-state index >= 15 is 0 Å². The highest BCUT2D eigenvalue weighted by Crippen LogP contribution is 2.26. The molecular weight excluding hydrogens is 210 g/mol. The highest BCUT2D eigenvalue weighted by molar-refractivity contribution is 7.80. The number of hydrogen-bond donors (Lipinski definition) is 1. The maximum absolute atomic E-state index is 5.56. The van der Waals surface area contributed by atoms with Gasteiger partial charge in [-0.15, -0.1) is 0 Å². The van der Waals surface area contributed by atoms with Gasteiger partial charge in [0.15, 0.2) is 11.5 Å². The Balaban J connectivity index is 2.60. The van der Waals surface area contributed by atoms with Crippen molar-refractivity contribution in [3.05, 3.63) is 24.3 Å². The number of nitrogens with two attached hydrogens (primary N) is 1. The quantitative estimate of drug-likeness (QED) is 0.778. The summed E-state index contributed by atoms with van der Waals surface area (Å²) in [6, 6.07) is 7.48. The zero-order valence-electron chi connectivity index (χ0n) is 8.90. The van der Waals surface area contributed by atoms with E-state index in [4.69, 9.17) is 27.4 Å². The summed E-state index contributed by atoms with van der Waals surface area (Å²) in [5, 5.41) is 0. The monoisotopic (exact) mass is 225 g/mol. The zero-order chi connectivity index (χ0) is 11.3. The normalized spacial score (nSPS) is 11.9. The summed E-state index contributed by atoms with van der Waals surface area (Å²) in [6.07, 6.45) is 0. The molecule has 0 heterocycles. The smallest absolute Gasteiger partial charge is 0.161 e. The Hall–Kier alpha value is -1.29. The summed E-state index contributed by atoms with van der Waals surface area (Å²) < 4.78 is 10.7. The van der Waals surface area contributed by atoms with E-state index in [2.05, 4.69) is 0 Å². The molecular formula is C11H15NO2S. The lowest BCUT2D eigenvalue weighted by Gasteiger charge is -2.13. The highest BCUT2D eigenvalue weighted by atomic mass is 32.1. The number of hydrogen-bond acceptors (Lipinski definition) is 3. The van der Waals surface area contributed by atoms with E-state index in [1.54, 1.807) is 7.11 Å². The largest absolute Gasteiger partial charge is 0.493 e. The van der Waals surface area contributed by atoms with E-state index in [9.17, 15) is 0 Å². The minimum absolute atomic E-state index is 0.0601. The van der Waals surface area contributed by atoms with Gasteiger partial charge in [0, 0.05) is 5.92 Å². The zero-order valence-corrected chi connectivity index (χ0v) is 9.71. The van der Waals surface area contributed by atoms with Crippen LogP contribution in [-0.2, 0) is 0 Å². The molecule has 4 heteroatoms. The van der Waals surface area contributed by atoms with E-state index in [1.165, 1.54) is 0 Å². The van der Waals surface area contributed by atoms with Gasteiger partial charge in [0.2, 0.25) is 0 Å². The second kappa shape index (κ2) is 5.56. The standard InChI is InChI=1S/C11H15NO2S/c1-8(11(12)15)7-14-10-6-4-3-5-9(10)13-2/h3-6,8H,7H2,1-2H3,(H2,12,15). The minimum atomic E-state index is 0.0601. The third kappa shape index (κ3) is 3.40. The van der Waals surface area contributed by atoms with Crippen molar-refractivity contribution in [1.82, 2.24) is 0 Å². The summed E-state index contributed by atoms with van der Waals surface area (Å²) >= 11 is 4.86. The van der Waals surface area contributed by atoms with Crippen LogP contribution in [0.1, 0.15) is 6.92 Å². The van der Waals surface area contributed by atoms with E-state index in [-0.39, 0.29) is 5.92 Å². The molecule has 0 saturated heterocycles. The van der Waals surface area contributed by atoms with Crippen LogP contribution >= 0.6 is 12.2 Å². The number of para-hydroxylation sites is 2. The van der Waals surface area contributed by atoms with Gasteiger partial charge in [-0.25, -0.2) is 0 Å². The second-order valence-electron chi connectivity index (χ2n) is 3.27. The number of ether oxygens (including phenoxy) is 2. The van der Waals surface area contributed by atoms with Crippen molar-refractivity contribution < 1.29 is 9.47 Å². The fourth-order valence-electron chi connectivity index (χ4n) is 1.03. The van der Waals surface area contributed by atoms with Crippen molar-refractivity contribution in [1.29, 1.82) is 0 Å². The SMILES string of the molecule is COc1ccccc1OCC(C)C(N)=S. The fraction of sp³-hybridized carbons (Fsp3) is 0.364. The van der Waals surface area contributed by atoms with Gasteiger partial charge in [-0.05, 0) is 12.1 Å². The van der Waals surface area contributed by atoms with Crippen molar-refractivity contribution in [2.45, 2.75) is 6.92 Å². The van der Waals surface area contributed by atoms with Crippen molar-refractivity contribution in [2.75, 3.05) is 13.7 Å². The highest BCUT2D eigenvalue weighted by Gasteiger charge is 2.08. The van der Waals surface area contributed by atoms with Crippen LogP contribution < -0.4 is 15.2 Å². The van der Waals surface area contributed by atoms with Crippen molar-refractivity contribution in [3.8, 4) is 11.5 Å². The maximum Gasteiger partial charge on any atom is 0.161 e. The molecule has 0 radical (unpaired) electrons. The van der Waals surface area contributed by atoms with Crippen LogP contribution in [0.5, 0.6) is 11.5 Å². The lowest BCUT2D eigenvalue weighted by Crippen LogP contribution is -2.24. The van der Waals surface area contributed by atoms with Crippen LogP contribution in [-0.4, -0.2) is 18.7 Å². The first-order valence-corrected chi connectivity index (χ1v) is 5.11. The van der Waals surface area contributed by atoms with E-state index in [0.717, 1.165) is 0 Å². The van der Waals surface area contributed by atoms with E-state index < -0.39 is 0 Å². The second-order valence-corrected chi connectivity index (χ2v) is 3.74. The molecule has 0 aromatic heterocycles. The summed E-state index contributed by atoms with van der Waals surface area (Å²) in [5.74, 6) is 1.49. The van der Waals surface area contributed by atoms with Crippen molar-refractivity contribution >= 4 is 17.2 Å². The summed E-state index contributed by atoms with van der Waals surface area (Å²) in [7, 11) is 1.61. The lowest BCUT2D eigenvalue weighted by molar-refractivity contribution is 0.275. The first-order chi connectivity index (χ1) is 7.15. The molecule has 0 amide bonds. The third-order valence-electron chi connectivity index (χ3n) is 2.04. The molecule has 0 aliphatic carbocycles. The molecule has 0 bridgehead atoms. The van der Waals surface area contributed by atoms with Gasteiger partial charge in [0.05, 0.1) is 18.7 Å². The number of thiocarbonyl (C=S) groups is 1. The lowest BCUT2D eigenvalue weighted by atomic mass is 10.2. The van der Waals surface area contributed by atoms with E-state index in [1.807, 2.05) is 31.2 Å². The van der Waals surface area contributed by atoms with Crippen LogP contribution in [0, 0.1) is 5.92 Å². The fourth-order valence-corrected chi connectivity index (χ4v) is 1.10. The average Bonchev–Trinajstić information content (AvgIpc) is 2.26. The number of methoxy groups -OCH3 is 1. The summed E-state index contributed by atoms with van der Waals surface area (Å²) in [4.78, 5) is 0.463. The Labute approximate surface area is 95.2 Å². The Morgan fingerprint density at radius 1 is 1.40 bits per heavy atom.